The first-order chi connectivity index (χ1) is 17.4. The first-order valence-electron chi connectivity index (χ1n) is 13.4. The Hall–Kier alpha value is -3.11. The predicted molar refractivity (Wildman–Crippen MR) is 154 cm³/mol. The zero-order valence-electron chi connectivity index (χ0n) is 23.4. The van der Waals surface area contributed by atoms with Gasteiger partial charge in [0.2, 0.25) is 0 Å². The molecule has 196 valence electrons. The van der Waals surface area contributed by atoms with Crippen LogP contribution in [0.4, 0.5) is 10.5 Å². The van der Waals surface area contributed by atoms with Gasteiger partial charge < -0.3 is 10.1 Å². The molecule has 0 radical (unpaired) electrons. The van der Waals surface area contributed by atoms with Gasteiger partial charge in [0.1, 0.15) is 6.10 Å². The molecule has 1 aliphatic rings. The Labute approximate surface area is 222 Å². The van der Waals surface area contributed by atoms with E-state index in [1.165, 1.54) is 22.3 Å². The minimum Gasteiger partial charge on any atom is -0.445 e. The molecule has 0 bridgehead atoms. The van der Waals surface area contributed by atoms with Crippen molar-refractivity contribution < 1.29 is 9.53 Å². The van der Waals surface area contributed by atoms with Crippen molar-refractivity contribution in [3.05, 3.63) is 101 Å². The molecular formula is C33H42N2O2. The van der Waals surface area contributed by atoms with Crippen molar-refractivity contribution in [2.75, 3.05) is 11.9 Å². The molecule has 3 aromatic rings. The number of rotatable bonds is 5. The van der Waals surface area contributed by atoms with Gasteiger partial charge in [-0.05, 0) is 52.1 Å². The molecule has 2 N–H and O–H groups in total. The average Bonchev–Trinajstić information content (AvgIpc) is 3.28. The summed E-state index contributed by atoms with van der Waals surface area (Å²) in [7, 11) is 0. The fourth-order valence-corrected chi connectivity index (χ4v) is 5.05. The molecule has 0 saturated carbocycles. The van der Waals surface area contributed by atoms with Gasteiger partial charge >= 0.3 is 6.09 Å². The molecule has 1 saturated heterocycles. The molecule has 1 fully saturated rings. The summed E-state index contributed by atoms with van der Waals surface area (Å²) < 4.78 is 5.81. The third-order valence-electron chi connectivity index (χ3n) is 7.37. The summed E-state index contributed by atoms with van der Waals surface area (Å²) in [4.78, 5) is 12.6. The van der Waals surface area contributed by atoms with Gasteiger partial charge in [-0.15, -0.1) is 0 Å². The monoisotopic (exact) mass is 498 g/mol. The van der Waals surface area contributed by atoms with E-state index >= 15 is 0 Å². The summed E-state index contributed by atoms with van der Waals surface area (Å²) in [5.41, 5.74) is 7.32. The highest BCUT2D eigenvalue weighted by Crippen LogP contribution is 2.35. The van der Waals surface area contributed by atoms with Gasteiger partial charge in [0.25, 0.3) is 0 Å². The average molecular weight is 499 g/mol. The number of nitrogens with one attached hydrogen (secondary N) is 2. The second-order valence-electron chi connectivity index (χ2n) is 12.5. The molecule has 1 aliphatic heterocycles. The zero-order valence-corrected chi connectivity index (χ0v) is 23.4. The molecule has 37 heavy (non-hydrogen) atoms. The summed E-state index contributed by atoms with van der Waals surface area (Å²) in [5.74, 6) is 0.164. The molecule has 4 heteroatoms. The molecule has 3 aromatic carbocycles. The van der Waals surface area contributed by atoms with Crippen LogP contribution >= 0.6 is 0 Å². The lowest BCUT2D eigenvalue weighted by atomic mass is 9.80. The Kier molecular flexibility index (Phi) is 7.80. The van der Waals surface area contributed by atoms with Crippen LogP contribution in [0.5, 0.6) is 0 Å². The molecule has 1 amide bonds. The lowest BCUT2D eigenvalue weighted by Crippen LogP contribution is -2.30. The Morgan fingerprint density at radius 1 is 0.811 bits per heavy atom. The number of carbonyl (C=O) groups excluding carboxylic acids is 1. The lowest BCUT2D eigenvalue weighted by Gasteiger charge is -2.27. The third kappa shape index (κ3) is 6.81. The van der Waals surface area contributed by atoms with Crippen LogP contribution in [-0.4, -0.2) is 24.8 Å². The van der Waals surface area contributed by atoms with Gasteiger partial charge in [0, 0.05) is 30.6 Å². The predicted octanol–water partition coefficient (Wildman–Crippen LogP) is 7.70. The normalized spacial score (nSPS) is 18.2. The van der Waals surface area contributed by atoms with Crippen LogP contribution in [-0.2, 0) is 15.6 Å². The fraction of sp³-hybridized carbons (Fsp3) is 0.424. The molecule has 0 spiro atoms. The van der Waals surface area contributed by atoms with Crippen LogP contribution in [0.2, 0.25) is 0 Å². The van der Waals surface area contributed by atoms with Gasteiger partial charge in [0.15, 0.2) is 0 Å². The van der Waals surface area contributed by atoms with Crippen molar-refractivity contribution in [1.82, 2.24) is 5.32 Å². The van der Waals surface area contributed by atoms with E-state index in [9.17, 15) is 4.79 Å². The molecule has 1 unspecified atom stereocenters. The van der Waals surface area contributed by atoms with Crippen LogP contribution in [0, 0.1) is 6.92 Å². The van der Waals surface area contributed by atoms with E-state index in [1.54, 1.807) is 0 Å². The van der Waals surface area contributed by atoms with Gasteiger partial charge in [-0.1, -0.05) is 108 Å². The summed E-state index contributed by atoms with van der Waals surface area (Å²) in [6.45, 7) is 16.1. The summed E-state index contributed by atoms with van der Waals surface area (Å²) in [5, 5.41) is 6.52. The van der Waals surface area contributed by atoms with E-state index < -0.39 is 6.09 Å². The Balaban J connectivity index is 1.53. The minimum absolute atomic E-state index is 0.109. The SMILES string of the molecule is Cc1ccc(NC(=O)O[C@H]2CNC(C(c3ccc(C(C)(C)C)cc3)c3ccc(C(C)(C)C)cc3)C2)cc1. The first kappa shape index (κ1) is 26.9. The van der Waals surface area contributed by atoms with Crippen LogP contribution < -0.4 is 10.6 Å². The first-order valence-corrected chi connectivity index (χ1v) is 13.4. The highest BCUT2D eigenvalue weighted by Gasteiger charge is 2.34. The maximum absolute atomic E-state index is 12.6. The largest absolute Gasteiger partial charge is 0.445 e. The Morgan fingerprint density at radius 3 is 1.76 bits per heavy atom. The quantitative estimate of drug-likeness (QED) is 0.379. The lowest BCUT2D eigenvalue weighted by molar-refractivity contribution is 0.119. The number of ether oxygens (including phenoxy) is 1. The fourth-order valence-electron chi connectivity index (χ4n) is 5.05. The number of hydrogen-bond donors (Lipinski definition) is 2. The number of amides is 1. The summed E-state index contributed by atoms with van der Waals surface area (Å²) >= 11 is 0. The van der Waals surface area contributed by atoms with Crippen LogP contribution in [0.3, 0.4) is 0 Å². The van der Waals surface area contributed by atoms with Crippen LogP contribution in [0.1, 0.15) is 81.7 Å². The van der Waals surface area contributed by atoms with Crippen molar-refractivity contribution in [1.29, 1.82) is 0 Å². The molecule has 0 aliphatic carbocycles. The molecular weight excluding hydrogens is 456 g/mol. The maximum Gasteiger partial charge on any atom is 0.411 e. The van der Waals surface area contributed by atoms with Crippen molar-refractivity contribution in [2.45, 2.75) is 83.8 Å². The second-order valence-corrected chi connectivity index (χ2v) is 12.5. The highest BCUT2D eigenvalue weighted by atomic mass is 16.6. The van der Waals surface area contributed by atoms with E-state index in [1.807, 2.05) is 31.2 Å². The van der Waals surface area contributed by atoms with Crippen LogP contribution in [0.15, 0.2) is 72.8 Å². The summed E-state index contributed by atoms with van der Waals surface area (Å²) in [6, 6.07) is 26.0. The Morgan fingerprint density at radius 2 is 1.30 bits per heavy atom. The topological polar surface area (TPSA) is 50.4 Å². The maximum atomic E-state index is 12.6. The van der Waals surface area contributed by atoms with Crippen molar-refractivity contribution in [3.63, 3.8) is 0 Å². The smallest absolute Gasteiger partial charge is 0.411 e. The minimum atomic E-state index is -0.406. The second kappa shape index (κ2) is 10.7. The van der Waals surface area contributed by atoms with E-state index in [0.717, 1.165) is 17.7 Å². The molecule has 4 rings (SSSR count). The zero-order chi connectivity index (χ0) is 26.8. The number of carbonyl (C=O) groups is 1. The van der Waals surface area contributed by atoms with E-state index in [0.29, 0.717) is 6.54 Å². The standard InChI is InChI=1S/C33H42N2O2/c1-22-8-18-27(19-9-22)35-31(36)37-28-20-29(34-21-28)30(23-10-14-25(15-11-23)32(2,3)4)24-12-16-26(17-13-24)33(5,6)7/h8-19,28-30,34H,20-21H2,1-7H3,(H,35,36)/t28-,29?/m1/s1. The van der Waals surface area contributed by atoms with Gasteiger partial charge in [-0.2, -0.15) is 0 Å². The molecule has 4 nitrogen and oxygen atoms in total. The molecule has 2 atom stereocenters. The van der Waals surface area contributed by atoms with Crippen molar-refractivity contribution >= 4 is 11.8 Å². The number of anilines is 1. The van der Waals surface area contributed by atoms with E-state index in [2.05, 4.69) is 101 Å². The third-order valence-corrected chi connectivity index (χ3v) is 7.37. The number of hydrogen-bond acceptors (Lipinski definition) is 3. The van der Waals surface area contributed by atoms with Gasteiger partial charge in [0.05, 0.1) is 0 Å². The van der Waals surface area contributed by atoms with Crippen molar-refractivity contribution in [2.24, 2.45) is 0 Å². The van der Waals surface area contributed by atoms with E-state index in [-0.39, 0.29) is 28.9 Å². The molecule has 1 heterocycles. The summed E-state index contributed by atoms with van der Waals surface area (Å²) in [6.07, 6.45) is 0.172. The van der Waals surface area contributed by atoms with Crippen molar-refractivity contribution in [3.8, 4) is 0 Å². The van der Waals surface area contributed by atoms with Crippen LogP contribution in [0.25, 0.3) is 0 Å². The van der Waals surface area contributed by atoms with E-state index in [4.69, 9.17) is 4.74 Å². The van der Waals surface area contributed by atoms with Gasteiger partial charge in [-0.3, -0.25) is 5.32 Å². The molecule has 0 aromatic heterocycles. The number of aryl methyl sites for hydroxylation is 1. The highest BCUT2D eigenvalue weighted by molar-refractivity contribution is 5.84. The van der Waals surface area contributed by atoms with Gasteiger partial charge in [-0.25, -0.2) is 4.79 Å². The number of benzene rings is 3. The Bertz CT molecular complexity index is 1130.